The van der Waals surface area contributed by atoms with Gasteiger partial charge in [-0.3, -0.25) is 0 Å². The molecule has 0 amide bonds. The smallest absolute Gasteiger partial charge is 0.388 e. The number of nitrogens with zero attached hydrogens (tertiary/aromatic N) is 1. The third-order valence-electron chi connectivity index (χ3n) is 3.38. The van der Waals surface area contributed by atoms with Crippen molar-refractivity contribution in [2.75, 3.05) is 0 Å². The van der Waals surface area contributed by atoms with E-state index in [1.807, 2.05) is 6.07 Å². The molecule has 4 heteroatoms. The standard InChI is InChI=1S/C15H13F2NO/c16-15(17)19-14-9-13(6-7-18-14)12-5-4-10-2-1-3-11(10)8-12/h4-9,15H,1-3H2. The predicted octanol–water partition coefficient (Wildman–Crippen LogP) is 3.84. The van der Waals surface area contributed by atoms with Crippen LogP contribution in [0.4, 0.5) is 8.78 Å². The van der Waals surface area contributed by atoms with Gasteiger partial charge in [-0.2, -0.15) is 8.78 Å². The van der Waals surface area contributed by atoms with Crippen molar-refractivity contribution in [1.82, 2.24) is 4.98 Å². The molecule has 0 bridgehead atoms. The molecule has 0 fully saturated rings. The van der Waals surface area contributed by atoms with Crippen molar-refractivity contribution in [3.63, 3.8) is 0 Å². The molecule has 1 aromatic heterocycles. The highest BCUT2D eigenvalue weighted by atomic mass is 19.3. The van der Waals surface area contributed by atoms with Crippen LogP contribution < -0.4 is 4.74 Å². The minimum Gasteiger partial charge on any atom is -0.417 e. The quantitative estimate of drug-likeness (QED) is 0.837. The summed E-state index contributed by atoms with van der Waals surface area (Å²) in [6.45, 7) is -2.84. The maximum absolute atomic E-state index is 12.2. The van der Waals surface area contributed by atoms with Gasteiger partial charge in [0.1, 0.15) is 0 Å². The topological polar surface area (TPSA) is 22.1 Å². The molecule has 0 saturated carbocycles. The lowest BCUT2D eigenvalue weighted by Gasteiger charge is -2.07. The molecule has 1 aliphatic carbocycles. The molecule has 0 unspecified atom stereocenters. The average Bonchev–Trinajstić information content (AvgIpc) is 2.85. The largest absolute Gasteiger partial charge is 0.417 e. The Bertz CT molecular complexity index is 598. The van der Waals surface area contributed by atoms with Gasteiger partial charge in [-0.25, -0.2) is 4.98 Å². The van der Waals surface area contributed by atoms with Crippen LogP contribution >= 0.6 is 0 Å². The maximum atomic E-state index is 12.2. The van der Waals surface area contributed by atoms with E-state index in [4.69, 9.17) is 0 Å². The minimum absolute atomic E-state index is 0.0481. The Kier molecular flexibility index (Phi) is 3.15. The molecule has 0 atom stereocenters. The van der Waals surface area contributed by atoms with E-state index in [2.05, 4.69) is 21.9 Å². The summed E-state index contributed by atoms with van der Waals surface area (Å²) in [5, 5.41) is 0. The lowest BCUT2D eigenvalue weighted by Crippen LogP contribution is -2.03. The number of benzene rings is 1. The Labute approximate surface area is 110 Å². The molecule has 19 heavy (non-hydrogen) atoms. The molecule has 0 radical (unpaired) electrons. The number of hydrogen-bond donors (Lipinski definition) is 0. The first-order valence-corrected chi connectivity index (χ1v) is 6.25. The summed E-state index contributed by atoms with van der Waals surface area (Å²) >= 11 is 0. The normalized spacial score (nSPS) is 13.6. The Morgan fingerprint density at radius 3 is 2.63 bits per heavy atom. The van der Waals surface area contributed by atoms with Gasteiger partial charge in [0.25, 0.3) is 0 Å². The number of halogens is 2. The van der Waals surface area contributed by atoms with Crippen molar-refractivity contribution in [3.8, 4) is 17.0 Å². The number of pyridine rings is 1. The highest BCUT2D eigenvalue weighted by Gasteiger charge is 2.12. The second-order valence-corrected chi connectivity index (χ2v) is 4.60. The van der Waals surface area contributed by atoms with E-state index < -0.39 is 6.61 Å². The molecule has 0 saturated heterocycles. The number of aryl methyl sites for hydroxylation is 2. The third-order valence-corrected chi connectivity index (χ3v) is 3.38. The van der Waals surface area contributed by atoms with E-state index in [0.717, 1.165) is 24.0 Å². The van der Waals surface area contributed by atoms with Crippen LogP contribution in [0.5, 0.6) is 5.88 Å². The van der Waals surface area contributed by atoms with Crippen LogP contribution in [-0.2, 0) is 12.8 Å². The van der Waals surface area contributed by atoms with E-state index in [0.29, 0.717) is 0 Å². The highest BCUT2D eigenvalue weighted by Crippen LogP contribution is 2.29. The molecule has 1 aromatic carbocycles. The SMILES string of the molecule is FC(F)Oc1cc(-c2ccc3c(c2)CCC3)ccn1. The zero-order valence-electron chi connectivity index (χ0n) is 10.3. The van der Waals surface area contributed by atoms with Gasteiger partial charge in [-0.15, -0.1) is 0 Å². The van der Waals surface area contributed by atoms with Gasteiger partial charge in [0.2, 0.25) is 5.88 Å². The van der Waals surface area contributed by atoms with Crippen molar-refractivity contribution in [2.24, 2.45) is 0 Å². The third kappa shape index (κ3) is 2.57. The number of fused-ring (bicyclic) bond motifs is 1. The summed E-state index contributed by atoms with van der Waals surface area (Å²) in [4.78, 5) is 3.78. The molecule has 1 aliphatic rings. The van der Waals surface area contributed by atoms with Crippen molar-refractivity contribution in [2.45, 2.75) is 25.9 Å². The van der Waals surface area contributed by atoms with Crippen LogP contribution in [0.2, 0.25) is 0 Å². The van der Waals surface area contributed by atoms with Crippen LogP contribution in [0, 0.1) is 0 Å². The van der Waals surface area contributed by atoms with Crippen LogP contribution in [0.15, 0.2) is 36.5 Å². The van der Waals surface area contributed by atoms with Gasteiger partial charge >= 0.3 is 6.61 Å². The van der Waals surface area contributed by atoms with E-state index >= 15 is 0 Å². The average molecular weight is 261 g/mol. The first-order valence-electron chi connectivity index (χ1n) is 6.25. The Hall–Kier alpha value is -1.97. The number of ether oxygens (including phenoxy) is 1. The molecular formula is C15H13F2NO. The van der Waals surface area contributed by atoms with E-state index in [-0.39, 0.29) is 5.88 Å². The van der Waals surface area contributed by atoms with Gasteiger partial charge in [-0.05, 0) is 47.6 Å². The molecule has 3 rings (SSSR count). The Morgan fingerprint density at radius 1 is 1.00 bits per heavy atom. The number of aromatic nitrogens is 1. The summed E-state index contributed by atoms with van der Waals surface area (Å²) in [6, 6.07) is 9.61. The number of rotatable bonds is 3. The fourth-order valence-electron chi connectivity index (χ4n) is 2.50. The van der Waals surface area contributed by atoms with E-state index in [1.165, 1.54) is 23.7 Å². The van der Waals surface area contributed by atoms with Crippen LogP contribution in [0.1, 0.15) is 17.5 Å². The summed E-state index contributed by atoms with van der Waals surface area (Å²) in [5.41, 5.74) is 4.61. The van der Waals surface area contributed by atoms with E-state index in [9.17, 15) is 8.78 Å². The Morgan fingerprint density at radius 2 is 1.79 bits per heavy atom. The molecule has 98 valence electrons. The van der Waals surface area contributed by atoms with Crippen molar-refractivity contribution >= 4 is 0 Å². The van der Waals surface area contributed by atoms with Gasteiger partial charge in [0.05, 0.1) is 0 Å². The predicted molar refractivity (Wildman–Crippen MR) is 68.3 cm³/mol. The zero-order chi connectivity index (χ0) is 13.2. The first-order chi connectivity index (χ1) is 9.22. The van der Waals surface area contributed by atoms with E-state index in [1.54, 1.807) is 12.1 Å². The van der Waals surface area contributed by atoms with Crippen molar-refractivity contribution in [3.05, 3.63) is 47.7 Å². The lowest BCUT2D eigenvalue weighted by atomic mass is 10.0. The molecule has 2 nitrogen and oxygen atoms in total. The monoisotopic (exact) mass is 261 g/mol. The second kappa shape index (κ2) is 4.96. The van der Waals surface area contributed by atoms with Gasteiger partial charge < -0.3 is 4.74 Å². The number of hydrogen-bond acceptors (Lipinski definition) is 2. The molecule has 2 aromatic rings. The molecular weight excluding hydrogens is 248 g/mol. The summed E-state index contributed by atoms with van der Waals surface area (Å²) < 4.78 is 28.7. The molecule has 1 heterocycles. The van der Waals surface area contributed by atoms with Crippen LogP contribution in [0.3, 0.4) is 0 Å². The fraction of sp³-hybridized carbons (Fsp3) is 0.267. The van der Waals surface area contributed by atoms with Gasteiger partial charge in [0.15, 0.2) is 0 Å². The summed E-state index contributed by atoms with van der Waals surface area (Å²) in [7, 11) is 0. The maximum Gasteiger partial charge on any atom is 0.388 e. The summed E-state index contributed by atoms with van der Waals surface area (Å²) in [5.74, 6) is -0.0481. The second-order valence-electron chi connectivity index (χ2n) is 4.60. The highest BCUT2D eigenvalue weighted by molar-refractivity contribution is 5.66. The zero-order valence-corrected chi connectivity index (χ0v) is 10.3. The molecule has 0 N–H and O–H groups in total. The van der Waals surface area contributed by atoms with Crippen LogP contribution in [0.25, 0.3) is 11.1 Å². The first kappa shape index (κ1) is 12.1. The van der Waals surface area contributed by atoms with Crippen LogP contribution in [-0.4, -0.2) is 11.6 Å². The van der Waals surface area contributed by atoms with Crippen molar-refractivity contribution in [1.29, 1.82) is 0 Å². The van der Waals surface area contributed by atoms with Crippen molar-refractivity contribution < 1.29 is 13.5 Å². The Balaban J connectivity index is 1.93. The molecule has 0 spiro atoms. The fourth-order valence-corrected chi connectivity index (χ4v) is 2.50. The number of alkyl halides is 2. The lowest BCUT2D eigenvalue weighted by molar-refractivity contribution is -0.0528. The van der Waals surface area contributed by atoms with Gasteiger partial charge in [-0.1, -0.05) is 18.2 Å². The molecule has 0 aliphatic heterocycles. The summed E-state index contributed by atoms with van der Waals surface area (Å²) in [6.07, 6.45) is 4.90. The van der Waals surface area contributed by atoms with Gasteiger partial charge in [0, 0.05) is 12.3 Å². The minimum atomic E-state index is -2.84.